The molecule has 0 aromatic heterocycles. The lowest BCUT2D eigenvalue weighted by molar-refractivity contribution is 1.57. The zero-order chi connectivity index (χ0) is 19.1. The molecule has 0 saturated heterocycles. The lowest BCUT2D eigenvalue weighted by Gasteiger charge is -2.17. The lowest BCUT2D eigenvalue weighted by atomic mass is 9.87. The molecule has 0 saturated carbocycles. The fraction of sp³-hybridized carbons (Fsp3) is 0. The van der Waals surface area contributed by atoms with Crippen LogP contribution < -0.4 is 0 Å². The third-order valence-electron chi connectivity index (χ3n) is 5.06. The van der Waals surface area contributed by atoms with Crippen LogP contribution in [0.1, 0.15) is 11.1 Å². The second-order valence-corrected chi connectivity index (χ2v) is 7.68. The van der Waals surface area contributed by atoms with Crippen molar-refractivity contribution >= 4 is 50.3 Å². The van der Waals surface area contributed by atoms with Crippen LogP contribution in [0.5, 0.6) is 0 Å². The monoisotopic (exact) mass is 397 g/mol. The molecule has 0 heterocycles. The molecule has 0 nitrogen and oxygen atoms in total. The first-order valence-corrected chi connectivity index (χ1v) is 9.84. The predicted octanol–water partition coefficient (Wildman–Crippen LogP) is 8.03. The first-order chi connectivity index (χ1) is 13.7. The molecular weight excluding hydrogens is 383 g/mol. The van der Waals surface area contributed by atoms with Crippen molar-refractivity contribution in [1.82, 2.24) is 0 Å². The normalized spacial score (nSPS) is 13.0. The van der Waals surface area contributed by atoms with Crippen LogP contribution in [0.15, 0.2) is 96.6 Å². The van der Waals surface area contributed by atoms with Crippen LogP contribution in [0, 0.1) is 6.08 Å². The van der Waals surface area contributed by atoms with E-state index in [1.807, 2.05) is 48.6 Å². The summed E-state index contributed by atoms with van der Waals surface area (Å²) in [5.74, 6) is 0. The van der Waals surface area contributed by atoms with E-state index >= 15 is 0 Å². The molecule has 1 aliphatic carbocycles. The summed E-state index contributed by atoms with van der Waals surface area (Å²) in [5, 5.41) is 5.95. The number of halogens is 2. The maximum atomic E-state index is 6.52. The molecule has 0 unspecified atom stereocenters. The van der Waals surface area contributed by atoms with E-state index in [0.717, 1.165) is 43.8 Å². The van der Waals surface area contributed by atoms with Crippen molar-refractivity contribution in [3.05, 3.63) is 124 Å². The van der Waals surface area contributed by atoms with Gasteiger partial charge in [0.2, 0.25) is 0 Å². The van der Waals surface area contributed by atoms with Crippen LogP contribution in [0.2, 0.25) is 10.0 Å². The maximum absolute atomic E-state index is 6.52. The summed E-state index contributed by atoms with van der Waals surface area (Å²) in [7, 11) is 0. The van der Waals surface area contributed by atoms with Crippen LogP contribution in [-0.2, 0) is 0 Å². The average Bonchev–Trinajstić information content (AvgIpc) is 3.22. The van der Waals surface area contributed by atoms with E-state index < -0.39 is 0 Å². The van der Waals surface area contributed by atoms with Gasteiger partial charge in [-0.05, 0) is 74.2 Å². The molecule has 2 heteroatoms. The SMILES string of the molecule is Clc1cc(C(=C2[C]=CC=C2)c2cc(Cl)cc3ccccc23)c2ccccc2c1. The summed E-state index contributed by atoms with van der Waals surface area (Å²) in [5.41, 5.74) is 4.28. The third-order valence-corrected chi connectivity index (χ3v) is 5.50. The predicted molar refractivity (Wildman–Crippen MR) is 121 cm³/mol. The molecule has 0 spiro atoms. The molecule has 4 aromatic rings. The van der Waals surface area contributed by atoms with Gasteiger partial charge in [-0.3, -0.25) is 0 Å². The molecule has 1 aliphatic rings. The van der Waals surface area contributed by atoms with Crippen molar-refractivity contribution < 1.29 is 0 Å². The van der Waals surface area contributed by atoms with Crippen LogP contribution in [0.3, 0.4) is 0 Å². The molecule has 5 rings (SSSR count). The van der Waals surface area contributed by atoms with Crippen molar-refractivity contribution in [2.45, 2.75) is 0 Å². The van der Waals surface area contributed by atoms with E-state index in [1.165, 1.54) is 0 Å². The quantitative estimate of drug-likeness (QED) is 0.321. The number of allylic oxidation sites excluding steroid dienone is 5. The fourth-order valence-electron chi connectivity index (χ4n) is 3.88. The van der Waals surface area contributed by atoms with Crippen LogP contribution in [0.25, 0.3) is 27.1 Å². The van der Waals surface area contributed by atoms with Gasteiger partial charge in [0, 0.05) is 10.0 Å². The third kappa shape index (κ3) is 2.96. The minimum Gasteiger partial charge on any atom is -0.0843 e. The molecule has 1 radical (unpaired) electrons. The Morgan fingerprint density at radius 1 is 0.679 bits per heavy atom. The van der Waals surface area contributed by atoms with Crippen LogP contribution >= 0.6 is 23.2 Å². The average molecular weight is 398 g/mol. The molecule has 4 aromatic carbocycles. The van der Waals surface area contributed by atoms with Gasteiger partial charge in [0.1, 0.15) is 0 Å². The summed E-state index contributed by atoms with van der Waals surface area (Å²) in [6, 6.07) is 24.7. The molecule has 0 aliphatic heterocycles. The largest absolute Gasteiger partial charge is 0.0843 e. The first-order valence-electron chi connectivity index (χ1n) is 9.09. The van der Waals surface area contributed by atoms with Gasteiger partial charge >= 0.3 is 0 Å². The van der Waals surface area contributed by atoms with Crippen LogP contribution in [0.4, 0.5) is 0 Å². The molecular formula is C26H15Cl2. The second-order valence-electron chi connectivity index (χ2n) is 6.81. The summed E-state index contributed by atoms with van der Waals surface area (Å²) < 4.78 is 0. The van der Waals surface area contributed by atoms with Crippen LogP contribution in [-0.4, -0.2) is 0 Å². The number of hydrogen-bond donors (Lipinski definition) is 0. The van der Waals surface area contributed by atoms with Gasteiger partial charge < -0.3 is 0 Å². The molecule has 0 atom stereocenters. The zero-order valence-corrected chi connectivity index (χ0v) is 16.4. The second kappa shape index (κ2) is 6.98. The van der Waals surface area contributed by atoms with Gasteiger partial charge in [0.15, 0.2) is 0 Å². The topological polar surface area (TPSA) is 0 Å². The zero-order valence-electron chi connectivity index (χ0n) is 14.9. The Bertz CT molecular complexity index is 1220. The Morgan fingerprint density at radius 3 is 1.71 bits per heavy atom. The minimum absolute atomic E-state index is 0.712. The summed E-state index contributed by atoms with van der Waals surface area (Å²) in [6.45, 7) is 0. The highest BCUT2D eigenvalue weighted by atomic mass is 35.5. The Morgan fingerprint density at radius 2 is 1.21 bits per heavy atom. The van der Waals surface area contributed by atoms with Gasteiger partial charge in [0.25, 0.3) is 0 Å². The molecule has 0 N–H and O–H groups in total. The van der Waals surface area contributed by atoms with E-state index in [9.17, 15) is 0 Å². The van der Waals surface area contributed by atoms with Crippen molar-refractivity contribution in [3.63, 3.8) is 0 Å². The number of benzene rings is 4. The summed E-state index contributed by atoms with van der Waals surface area (Å²) in [6.07, 6.45) is 9.41. The lowest BCUT2D eigenvalue weighted by Crippen LogP contribution is -1.95. The summed E-state index contributed by atoms with van der Waals surface area (Å²) >= 11 is 13.0. The van der Waals surface area contributed by atoms with Gasteiger partial charge in [-0.1, -0.05) is 90.0 Å². The van der Waals surface area contributed by atoms with Gasteiger partial charge in [0.05, 0.1) is 0 Å². The van der Waals surface area contributed by atoms with E-state index in [1.54, 1.807) is 0 Å². The van der Waals surface area contributed by atoms with Gasteiger partial charge in [-0.15, -0.1) is 0 Å². The summed E-state index contributed by atoms with van der Waals surface area (Å²) in [4.78, 5) is 0. The number of hydrogen-bond acceptors (Lipinski definition) is 0. The highest BCUT2D eigenvalue weighted by molar-refractivity contribution is 6.32. The Balaban J connectivity index is 1.94. The highest BCUT2D eigenvalue weighted by Crippen LogP contribution is 2.40. The minimum atomic E-state index is 0.712. The van der Waals surface area contributed by atoms with Crippen molar-refractivity contribution in [1.29, 1.82) is 0 Å². The smallest absolute Gasteiger partial charge is 0.0418 e. The first kappa shape index (κ1) is 17.3. The highest BCUT2D eigenvalue weighted by Gasteiger charge is 2.17. The molecule has 133 valence electrons. The van der Waals surface area contributed by atoms with E-state index in [2.05, 4.69) is 48.6 Å². The standard InChI is InChI=1S/C26H15Cl2/c27-20-13-18-9-3-5-11-22(18)24(15-20)26(17-7-1-2-8-17)25-16-21(28)14-19-10-4-6-12-23(19)25/h1-7,9-16H. The Hall–Kier alpha value is -2.80. The fourth-order valence-corrected chi connectivity index (χ4v) is 4.34. The molecule has 0 bridgehead atoms. The number of fused-ring (bicyclic) bond motifs is 2. The molecule has 0 fully saturated rings. The van der Waals surface area contributed by atoms with Crippen molar-refractivity contribution in [2.75, 3.05) is 0 Å². The van der Waals surface area contributed by atoms with Gasteiger partial charge in [-0.2, -0.15) is 0 Å². The van der Waals surface area contributed by atoms with E-state index in [0.29, 0.717) is 10.0 Å². The van der Waals surface area contributed by atoms with Gasteiger partial charge in [-0.25, -0.2) is 0 Å². The Kier molecular flexibility index (Phi) is 4.31. The van der Waals surface area contributed by atoms with E-state index in [4.69, 9.17) is 23.2 Å². The maximum Gasteiger partial charge on any atom is 0.0418 e. The van der Waals surface area contributed by atoms with E-state index in [-0.39, 0.29) is 0 Å². The van der Waals surface area contributed by atoms with Crippen molar-refractivity contribution in [2.24, 2.45) is 0 Å². The number of rotatable bonds is 2. The molecule has 28 heavy (non-hydrogen) atoms. The Labute approximate surface area is 174 Å². The van der Waals surface area contributed by atoms with Crippen molar-refractivity contribution in [3.8, 4) is 0 Å². The molecule has 0 amide bonds.